The molecule has 1 N–H and O–H groups in total. The maximum atomic E-state index is 9.79. The fourth-order valence-corrected chi connectivity index (χ4v) is 3.67. The summed E-state index contributed by atoms with van der Waals surface area (Å²) >= 11 is 1.73. The van der Waals surface area contributed by atoms with Crippen molar-refractivity contribution in [2.75, 3.05) is 0 Å². The van der Waals surface area contributed by atoms with Gasteiger partial charge in [-0.25, -0.2) is 0 Å². The van der Waals surface area contributed by atoms with E-state index in [9.17, 15) is 5.26 Å². The van der Waals surface area contributed by atoms with Crippen molar-refractivity contribution in [2.24, 2.45) is 0 Å². The van der Waals surface area contributed by atoms with Crippen LogP contribution in [-0.2, 0) is 12.1 Å². The second-order valence-corrected chi connectivity index (χ2v) is 6.51. The Morgan fingerprint density at radius 1 is 1.35 bits per heavy atom. The monoisotopic (exact) mass is 282 g/mol. The van der Waals surface area contributed by atoms with Crippen LogP contribution in [0.3, 0.4) is 0 Å². The van der Waals surface area contributed by atoms with Crippen LogP contribution in [0.15, 0.2) is 41.8 Å². The summed E-state index contributed by atoms with van der Waals surface area (Å²) in [7, 11) is 0. The van der Waals surface area contributed by atoms with E-state index in [4.69, 9.17) is 0 Å². The van der Waals surface area contributed by atoms with E-state index in [2.05, 4.69) is 54.0 Å². The molecule has 1 heterocycles. The summed E-state index contributed by atoms with van der Waals surface area (Å²) in [6.45, 7) is 3.01. The highest BCUT2D eigenvalue weighted by atomic mass is 32.1. The summed E-state index contributed by atoms with van der Waals surface area (Å²) < 4.78 is 0. The third kappa shape index (κ3) is 2.26. The van der Waals surface area contributed by atoms with Gasteiger partial charge < -0.3 is 0 Å². The van der Waals surface area contributed by atoms with Gasteiger partial charge >= 0.3 is 0 Å². The number of nitrogens with zero attached hydrogens (tertiary/aromatic N) is 1. The third-order valence-corrected chi connectivity index (χ3v) is 5.12. The number of nitriles is 1. The van der Waals surface area contributed by atoms with E-state index >= 15 is 0 Å². The molecule has 102 valence electrons. The van der Waals surface area contributed by atoms with E-state index in [0.717, 1.165) is 24.9 Å². The van der Waals surface area contributed by atoms with E-state index in [1.807, 2.05) is 6.07 Å². The van der Waals surface area contributed by atoms with Crippen molar-refractivity contribution < 1.29 is 0 Å². The molecule has 1 aromatic carbocycles. The molecule has 0 spiro atoms. The Labute approximate surface area is 124 Å². The predicted octanol–water partition coefficient (Wildman–Crippen LogP) is 4.15. The largest absolute Gasteiger partial charge is 0.291 e. The molecule has 3 heteroatoms. The van der Waals surface area contributed by atoms with Gasteiger partial charge in [0.25, 0.3) is 0 Å². The smallest absolute Gasteiger partial charge is 0.132 e. The minimum Gasteiger partial charge on any atom is -0.291 e. The maximum absolute atomic E-state index is 9.79. The topological polar surface area (TPSA) is 35.8 Å². The zero-order chi connectivity index (χ0) is 14.0. The molecule has 0 bridgehead atoms. The van der Waals surface area contributed by atoms with Gasteiger partial charge in [0.1, 0.15) is 5.54 Å². The minimum atomic E-state index is -0.535. The Balaban J connectivity index is 1.93. The molecule has 3 rings (SSSR count). The molecule has 0 saturated heterocycles. The third-order valence-electron chi connectivity index (χ3n) is 4.24. The highest BCUT2D eigenvalue weighted by molar-refractivity contribution is 7.09. The first-order chi connectivity index (χ1) is 9.75. The molecule has 0 radical (unpaired) electrons. The van der Waals surface area contributed by atoms with Gasteiger partial charge in [0.15, 0.2) is 0 Å². The van der Waals surface area contributed by atoms with Crippen molar-refractivity contribution >= 4 is 11.3 Å². The van der Waals surface area contributed by atoms with Crippen LogP contribution in [0, 0.1) is 11.3 Å². The summed E-state index contributed by atoms with van der Waals surface area (Å²) in [6, 6.07) is 15.1. The van der Waals surface area contributed by atoms with Crippen molar-refractivity contribution in [2.45, 2.75) is 37.8 Å². The normalized spacial score (nSPS) is 24.9. The van der Waals surface area contributed by atoms with Crippen molar-refractivity contribution in [1.29, 1.82) is 5.26 Å². The van der Waals surface area contributed by atoms with E-state index in [0.29, 0.717) is 5.92 Å². The molecule has 0 aliphatic heterocycles. The van der Waals surface area contributed by atoms with Gasteiger partial charge in [0.05, 0.1) is 6.07 Å². The predicted molar refractivity (Wildman–Crippen MR) is 82.5 cm³/mol. The van der Waals surface area contributed by atoms with Crippen LogP contribution in [0.4, 0.5) is 0 Å². The van der Waals surface area contributed by atoms with Crippen LogP contribution >= 0.6 is 11.3 Å². The highest BCUT2D eigenvalue weighted by Crippen LogP contribution is 2.41. The summed E-state index contributed by atoms with van der Waals surface area (Å²) in [5.74, 6) is 0.538. The molecule has 2 atom stereocenters. The molecule has 0 fully saturated rings. The lowest BCUT2D eigenvalue weighted by Crippen LogP contribution is -2.43. The van der Waals surface area contributed by atoms with Crippen molar-refractivity contribution in [3.63, 3.8) is 0 Å². The number of fused-ring (bicyclic) bond motifs is 1. The molecule has 2 unspecified atom stereocenters. The fourth-order valence-electron chi connectivity index (χ4n) is 3.03. The van der Waals surface area contributed by atoms with E-state index in [-0.39, 0.29) is 0 Å². The van der Waals surface area contributed by atoms with Crippen LogP contribution in [0.2, 0.25) is 0 Å². The van der Waals surface area contributed by atoms with E-state index in [1.54, 1.807) is 11.3 Å². The molecule has 1 aromatic heterocycles. The van der Waals surface area contributed by atoms with Crippen LogP contribution in [-0.4, -0.2) is 0 Å². The van der Waals surface area contributed by atoms with Crippen molar-refractivity contribution in [1.82, 2.24) is 5.32 Å². The number of hydrogen-bond donors (Lipinski definition) is 1. The summed E-state index contributed by atoms with van der Waals surface area (Å²) in [5, 5.41) is 15.4. The summed E-state index contributed by atoms with van der Waals surface area (Å²) in [5.41, 5.74) is 1.95. The van der Waals surface area contributed by atoms with E-state index in [1.165, 1.54) is 10.4 Å². The molecule has 1 aliphatic carbocycles. The van der Waals surface area contributed by atoms with Crippen LogP contribution in [0.25, 0.3) is 0 Å². The second kappa shape index (κ2) is 5.40. The maximum Gasteiger partial charge on any atom is 0.132 e. The van der Waals surface area contributed by atoms with Gasteiger partial charge in [-0.05, 0) is 41.3 Å². The number of nitrogens with one attached hydrogen (secondary N) is 1. The second-order valence-electron chi connectivity index (χ2n) is 5.48. The fraction of sp³-hybridized carbons (Fsp3) is 0.353. The first-order valence-corrected chi connectivity index (χ1v) is 7.91. The molecular weight excluding hydrogens is 264 g/mol. The highest BCUT2D eigenvalue weighted by Gasteiger charge is 2.38. The van der Waals surface area contributed by atoms with Crippen molar-refractivity contribution in [3.8, 4) is 6.07 Å². The Kier molecular flexibility index (Phi) is 3.60. The Bertz CT molecular complexity index is 627. The molecule has 0 amide bonds. The number of thiophene rings is 1. The van der Waals surface area contributed by atoms with Gasteiger partial charge in [0, 0.05) is 11.4 Å². The lowest BCUT2D eigenvalue weighted by atomic mass is 9.73. The van der Waals surface area contributed by atoms with Crippen LogP contribution < -0.4 is 5.32 Å². The van der Waals surface area contributed by atoms with Gasteiger partial charge in [-0.15, -0.1) is 11.3 Å². The summed E-state index contributed by atoms with van der Waals surface area (Å²) in [6.07, 6.45) is 1.94. The zero-order valence-corrected chi connectivity index (χ0v) is 12.4. The van der Waals surface area contributed by atoms with Gasteiger partial charge in [-0.3, -0.25) is 5.32 Å². The summed E-state index contributed by atoms with van der Waals surface area (Å²) in [4.78, 5) is 1.27. The van der Waals surface area contributed by atoms with Gasteiger partial charge in [-0.1, -0.05) is 37.3 Å². The first-order valence-electron chi connectivity index (χ1n) is 7.03. The van der Waals surface area contributed by atoms with Crippen molar-refractivity contribution in [3.05, 3.63) is 57.8 Å². The molecule has 1 aliphatic rings. The molecule has 2 nitrogen and oxygen atoms in total. The standard InChI is InChI=1S/C17H18N2S/c1-13-8-9-17(12-18,16-7-3-2-6-15(13)16)19-11-14-5-4-10-20-14/h2-7,10,13,19H,8-9,11H2,1H3. The van der Waals surface area contributed by atoms with Crippen LogP contribution in [0.5, 0.6) is 0 Å². The molecule has 0 saturated carbocycles. The minimum absolute atomic E-state index is 0.535. The van der Waals surface area contributed by atoms with E-state index < -0.39 is 5.54 Å². The SMILES string of the molecule is CC1CCC(C#N)(NCc2cccs2)c2ccccc21. The van der Waals surface area contributed by atoms with Gasteiger partial charge in [-0.2, -0.15) is 5.26 Å². The van der Waals surface area contributed by atoms with Gasteiger partial charge in [0.2, 0.25) is 0 Å². The molecule has 2 aromatic rings. The Morgan fingerprint density at radius 3 is 2.95 bits per heavy atom. The first kappa shape index (κ1) is 13.4. The lowest BCUT2D eigenvalue weighted by molar-refractivity contribution is 0.347. The molecular formula is C17H18N2S. The average Bonchev–Trinajstić information content (AvgIpc) is 3.01. The average molecular weight is 282 g/mol. The number of rotatable bonds is 3. The lowest BCUT2D eigenvalue weighted by Gasteiger charge is -2.37. The number of hydrogen-bond acceptors (Lipinski definition) is 3. The quantitative estimate of drug-likeness (QED) is 0.917. The zero-order valence-electron chi connectivity index (χ0n) is 11.6. The Hall–Kier alpha value is -1.63. The van der Waals surface area contributed by atoms with Crippen LogP contribution in [0.1, 0.15) is 41.7 Å². The Morgan fingerprint density at radius 2 is 2.20 bits per heavy atom. The molecule has 20 heavy (non-hydrogen) atoms. The number of benzene rings is 1.